The number of rotatable bonds is 5. The minimum absolute atomic E-state index is 0.221. The summed E-state index contributed by atoms with van der Waals surface area (Å²) in [6.07, 6.45) is 1.65. The first kappa shape index (κ1) is 23.3. The SMILES string of the molecule is CC(=O)NC1=NC(=O)/C(=C\c2ccc(OCC(=O)Nc3ccc(Cl)c(Cl)c3)c(Br)c2)S1. The summed E-state index contributed by atoms with van der Waals surface area (Å²) in [6.45, 7) is 1.12. The molecule has 0 bridgehead atoms. The van der Waals surface area contributed by atoms with E-state index in [9.17, 15) is 14.4 Å². The van der Waals surface area contributed by atoms with Crippen LogP contribution in [-0.2, 0) is 14.4 Å². The van der Waals surface area contributed by atoms with Crippen molar-refractivity contribution in [1.82, 2.24) is 5.32 Å². The summed E-state index contributed by atoms with van der Waals surface area (Å²) >= 11 is 16.3. The zero-order valence-electron chi connectivity index (χ0n) is 15.9. The molecule has 2 aromatic carbocycles. The second kappa shape index (κ2) is 10.3. The summed E-state index contributed by atoms with van der Waals surface area (Å²) in [5, 5.41) is 6.13. The largest absolute Gasteiger partial charge is 0.483 e. The van der Waals surface area contributed by atoms with Crippen molar-refractivity contribution >= 4 is 85.5 Å². The lowest BCUT2D eigenvalue weighted by molar-refractivity contribution is -0.118. The van der Waals surface area contributed by atoms with Crippen LogP contribution < -0.4 is 15.4 Å². The molecule has 1 heterocycles. The molecule has 0 atom stereocenters. The van der Waals surface area contributed by atoms with Crippen molar-refractivity contribution in [3.05, 3.63) is 61.4 Å². The Hall–Kier alpha value is -2.33. The first-order valence-electron chi connectivity index (χ1n) is 8.68. The lowest BCUT2D eigenvalue weighted by atomic mass is 10.2. The highest BCUT2D eigenvalue weighted by Crippen LogP contribution is 2.31. The fraction of sp³-hybridized carbons (Fsp3) is 0.100. The molecular weight excluding hydrogens is 529 g/mol. The van der Waals surface area contributed by atoms with Crippen LogP contribution in [0.15, 0.2) is 50.8 Å². The number of amides is 3. The zero-order valence-corrected chi connectivity index (χ0v) is 19.8. The van der Waals surface area contributed by atoms with Crippen LogP contribution in [0.2, 0.25) is 10.0 Å². The first-order chi connectivity index (χ1) is 14.7. The molecule has 11 heteroatoms. The van der Waals surface area contributed by atoms with Crippen molar-refractivity contribution < 1.29 is 19.1 Å². The highest BCUT2D eigenvalue weighted by Gasteiger charge is 2.22. The molecule has 0 unspecified atom stereocenters. The van der Waals surface area contributed by atoms with Crippen LogP contribution in [0.25, 0.3) is 6.08 Å². The molecule has 0 saturated carbocycles. The van der Waals surface area contributed by atoms with E-state index in [1.807, 2.05) is 0 Å². The van der Waals surface area contributed by atoms with E-state index in [1.165, 1.54) is 6.92 Å². The van der Waals surface area contributed by atoms with Gasteiger partial charge in [-0.1, -0.05) is 29.3 Å². The van der Waals surface area contributed by atoms with Gasteiger partial charge in [0.15, 0.2) is 11.8 Å². The van der Waals surface area contributed by atoms with Crippen LogP contribution >= 0.6 is 50.9 Å². The molecule has 160 valence electrons. The van der Waals surface area contributed by atoms with Gasteiger partial charge < -0.3 is 15.4 Å². The van der Waals surface area contributed by atoms with E-state index in [0.29, 0.717) is 30.9 Å². The molecule has 3 rings (SSSR count). The number of aliphatic imine (C=N–C) groups is 1. The zero-order chi connectivity index (χ0) is 22.5. The number of carbonyl (C=O) groups is 3. The summed E-state index contributed by atoms with van der Waals surface area (Å²) in [5.74, 6) is -0.643. The molecule has 0 spiro atoms. The lowest BCUT2D eigenvalue weighted by Crippen LogP contribution is -2.23. The van der Waals surface area contributed by atoms with E-state index in [4.69, 9.17) is 27.9 Å². The van der Waals surface area contributed by atoms with Gasteiger partial charge in [0.2, 0.25) is 5.91 Å². The molecule has 0 saturated heterocycles. The number of amidine groups is 1. The molecule has 7 nitrogen and oxygen atoms in total. The predicted octanol–water partition coefficient (Wildman–Crippen LogP) is 4.88. The third-order valence-corrected chi connectivity index (χ3v) is 5.98. The van der Waals surface area contributed by atoms with Gasteiger partial charge in [-0.05, 0) is 69.7 Å². The van der Waals surface area contributed by atoms with Crippen LogP contribution in [0.5, 0.6) is 5.75 Å². The Morgan fingerprint density at radius 1 is 1.16 bits per heavy atom. The molecule has 3 amide bonds. The molecule has 0 radical (unpaired) electrons. The maximum Gasteiger partial charge on any atom is 0.286 e. The van der Waals surface area contributed by atoms with E-state index in [0.717, 1.165) is 17.3 Å². The number of anilines is 1. The first-order valence-corrected chi connectivity index (χ1v) is 11.0. The molecular formula is C20H14BrCl2N3O4S. The molecule has 2 aromatic rings. The highest BCUT2D eigenvalue weighted by molar-refractivity contribution is 9.10. The van der Waals surface area contributed by atoms with Crippen molar-refractivity contribution in [2.75, 3.05) is 11.9 Å². The fourth-order valence-electron chi connectivity index (χ4n) is 2.40. The minimum atomic E-state index is -0.427. The summed E-state index contributed by atoms with van der Waals surface area (Å²) in [7, 11) is 0. The third-order valence-electron chi connectivity index (χ3n) is 3.72. The molecule has 0 aromatic heterocycles. The second-order valence-corrected chi connectivity index (χ2v) is 8.87. The molecule has 1 aliphatic heterocycles. The maximum atomic E-state index is 12.1. The van der Waals surface area contributed by atoms with Gasteiger partial charge in [0.05, 0.1) is 19.4 Å². The Morgan fingerprint density at radius 2 is 1.94 bits per heavy atom. The second-order valence-electron chi connectivity index (χ2n) is 6.17. The quantitative estimate of drug-likeness (QED) is 0.525. The Kier molecular flexibility index (Phi) is 7.77. The van der Waals surface area contributed by atoms with E-state index in [1.54, 1.807) is 42.5 Å². The van der Waals surface area contributed by atoms with Crippen LogP contribution in [0.1, 0.15) is 12.5 Å². The molecule has 2 N–H and O–H groups in total. The van der Waals surface area contributed by atoms with Gasteiger partial charge in [-0.2, -0.15) is 4.99 Å². The predicted molar refractivity (Wildman–Crippen MR) is 127 cm³/mol. The van der Waals surface area contributed by atoms with Crippen molar-refractivity contribution in [1.29, 1.82) is 0 Å². The monoisotopic (exact) mass is 541 g/mol. The normalized spacial score (nSPS) is 14.4. The van der Waals surface area contributed by atoms with E-state index >= 15 is 0 Å². The number of hydrogen-bond donors (Lipinski definition) is 2. The summed E-state index contributed by atoms with van der Waals surface area (Å²) in [4.78, 5) is 39.3. The molecule has 31 heavy (non-hydrogen) atoms. The maximum absolute atomic E-state index is 12.1. The van der Waals surface area contributed by atoms with Crippen molar-refractivity contribution in [3.8, 4) is 5.75 Å². The Balaban J connectivity index is 1.59. The Labute approximate surface area is 200 Å². The number of benzene rings is 2. The van der Waals surface area contributed by atoms with Crippen LogP contribution in [-0.4, -0.2) is 29.5 Å². The summed E-state index contributed by atoms with van der Waals surface area (Å²) in [5.41, 5.74) is 1.22. The van der Waals surface area contributed by atoms with Gasteiger partial charge >= 0.3 is 0 Å². The average Bonchev–Trinajstić information content (AvgIpc) is 3.02. The van der Waals surface area contributed by atoms with Crippen molar-refractivity contribution in [2.45, 2.75) is 6.92 Å². The highest BCUT2D eigenvalue weighted by atomic mass is 79.9. The van der Waals surface area contributed by atoms with Crippen LogP contribution in [0.4, 0.5) is 5.69 Å². The fourth-order valence-corrected chi connectivity index (χ4v) is 4.07. The van der Waals surface area contributed by atoms with Gasteiger partial charge in [0.25, 0.3) is 11.8 Å². The number of nitrogens with zero attached hydrogens (tertiary/aromatic N) is 1. The Bertz CT molecular complexity index is 1140. The average molecular weight is 543 g/mol. The van der Waals surface area contributed by atoms with Gasteiger partial charge in [0.1, 0.15) is 5.75 Å². The van der Waals surface area contributed by atoms with Crippen molar-refractivity contribution in [2.24, 2.45) is 4.99 Å². The van der Waals surface area contributed by atoms with Gasteiger partial charge in [-0.25, -0.2) is 0 Å². The number of thioether (sulfide) groups is 1. The van der Waals surface area contributed by atoms with E-state index < -0.39 is 5.91 Å². The Morgan fingerprint density at radius 3 is 2.61 bits per heavy atom. The number of halogens is 3. The molecule has 1 aliphatic rings. The lowest BCUT2D eigenvalue weighted by Gasteiger charge is -2.10. The number of carbonyl (C=O) groups excluding carboxylic acids is 3. The minimum Gasteiger partial charge on any atom is -0.483 e. The summed E-state index contributed by atoms with van der Waals surface area (Å²) < 4.78 is 6.15. The molecule has 0 aliphatic carbocycles. The van der Waals surface area contributed by atoms with Gasteiger partial charge in [-0.3, -0.25) is 14.4 Å². The van der Waals surface area contributed by atoms with Gasteiger partial charge in [0, 0.05) is 12.6 Å². The van der Waals surface area contributed by atoms with Crippen LogP contribution in [0, 0.1) is 0 Å². The number of nitrogens with one attached hydrogen (secondary N) is 2. The van der Waals surface area contributed by atoms with Crippen LogP contribution in [0.3, 0.4) is 0 Å². The third kappa shape index (κ3) is 6.57. The van der Waals surface area contributed by atoms with Crippen molar-refractivity contribution in [3.63, 3.8) is 0 Å². The topological polar surface area (TPSA) is 96.9 Å². The summed E-state index contributed by atoms with van der Waals surface area (Å²) in [6, 6.07) is 9.90. The standard InChI is InChI=1S/C20H14BrCl2N3O4S/c1-10(27)24-20-26-19(29)17(31-20)7-11-2-5-16(13(21)6-11)30-9-18(28)25-12-3-4-14(22)15(23)8-12/h2-8H,9H2,1H3,(H,25,28)(H,24,26,27,29)/b17-7+. The molecule has 0 fully saturated rings. The van der Waals surface area contributed by atoms with E-state index in [2.05, 4.69) is 31.6 Å². The smallest absolute Gasteiger partial charge is 0.286 e. The van der Waals surface area contributed by atoms with E-state index in [-0.39, 0.29) is 23.6 Å². The van der Waals surface area contributed by atoms with Gasteiger partial charge in [-0.15, -0.1) is 0 Å². The number of ether oxygens (including phenoxy) is 1. The number of hydrogen-bond acceptors (Lipinski definition) is 5.